The maximum Gasteiger partial charge on any atom is 0.322 e. The predicted octanol–water partition coefficient (Wildman–Crippen LogP) is 1.06. The molecule has 0 saturated carbocycles. The molecular weight excluding hydrogens is 226 g/mol. The summed E-state index contributed by atoms with van der Waals surface area (Å²) in [5, 5.41) is 8.42. The summed E-state index contributed by atoms with van der Waals surface area (Å²) in [6.45, 7) is 6.94. The van der Waals surface area contributed by atoms with E-state index in [1.807, 2.05) is 0 Å². The normalized spacial score (nSPS) is 13.2. The molecule has 0 radical (unpaired) electrons. The fraction of sp³-hybridized carbons (Fsp3) is 0.800. The fourth-order valence-electron chi connectivity index (χ4n) is 0.962. The van der Waals surface area contributed by atoms with Gasteiger partial charge in [0, 0.05) is 14.5 Å². The summed E-state index contributed by atoms with van der Waals surface area (Å²) in [4.78, 5) is 21.6. The number of carbonyl (C=O) groups is 2. The van der Waals surface area contributed by atoms with E-state index >= 15 is 0 Å². The minimum Gasteiger partial charge on any atom is -0.481 e. The van der Waals surface area contributed by atoms with Gasteiger partial charge in [0.2, 0.25) is 0 Å². The Morgan fingerprint density at radius 1 is 1.38 bits per heavy atom. The number of aliphatic carboxylic acids is 1. The Morgan fingerprint density at radius 2 is 1.94 bits per heavy atom. The Kier molecular flexibility index (Phi) is 6.28. The molecule has 0 aliphatic carbocycles. The molecule has 0 spiro atoms. The van der Waals surface area contributed by atoms with Crippen molar-refractivity contribution in [2.45, 2.75) is 44.6 Å². The van der Waals surface area contributed by atoms with Crippen molar-refractivity contribution < 1.29 is 19.4 Å². The zero-order chi connectivity index (χ0) is 12.8. The molecule has 3 N–H and O–H groups in total. The SMILES string of the molecule is C[Si](C)(C)CCOC(=O)[C@@H](N)CCC(=O)O. The summed E-state index contributed by atoms with van der Waals surface area (Å²) >= 11 is 0. The van der Waals surface area contributed by atoms with Gasteiger partial charge in [-0.15, -0.1) is 0 Å². The first-order chi connectivity index (χ1) is 7.22. The van der Waals surface area contributed by atoms with Gasteiger partial charge in [-0.05, 0) is 12.5 Å². The van der Waals surface area contributed by atoms with Crippen LogP contribution in [0.2, 0.25) is 25.7 Å². The summed E-state index contributed by atoms with van der Waals surface area (Å²) in [5.74, 6) is -1.45. The van der Waals surface area contributed by atoms with Crippen LogP contribution in [0.25, 0.3) is 0 Å². The Morgan fingerprint density at radius 3 is 2.38 bits per heavy atom. The lowest BCUT2D eigenvalue weighted by Gasteiger charge is -2.16. The third-order valence-electron chi connectivity index (χ3n) is 2.07. The maximum absolute atomic E-state index is 11.3. The van der Waals surface area contributed by atoms with E-state index in [1.165, 1.54) is 0 Å². The second kappa shape index (κ2) is 6.65. The van der Waals surface area contributed by atoms with Crippen LogP contribution >= 0.6 is 0 Å². The number of carboxylic acid groups (broad SMARTS) is 1. The Balaban J connectivity index is 3.75. The van der Waals surface area contributed by atoms with E-state index in [0.29, 0.717) is 6.61 Å². The van der Waals surface area contributed by atoms with Crippen LogP contribution in [0.15, 0.2) is 0 Å². The molecular formula is C10H21NO4Si. The molecule has 1 atom stereocenters. The van der Waals surface area contributed by atoms with Gasteiger partial charge in [0.1, 0.15) is 6.04 Å². The van der Waals surface area contributed by atoms with Gasteiger partial charge in [-0.25, -0.2) is 0 Å². The van der Waals surface area contributed by atoms with Crippen molar-refractivity contribution in [3.63, 3.8) is 0 Å². The van der Waals surface area contributed by atoms with E-state index in [0.717, 1.165) is 6.04 Å². The number of carboxylic acids is 1. The molecule has 0 bridgehead atoms. The largest absolute Gasteiger partial charge is 0.481 e. The van der Waals surface area contributed by atoms with E-state index in [4.69, 9.17) is 15.6 Å². The van der Waals surface area contributed by atoms with Gasteiger partial charge in [-0.3, -0.25) is 9.59 Å². The highest BCUT2D eigenvalue weighted by atomic mass is 28.3. The predicted molar refractivity (Wildman–Crippen MR) is 64.0 cm³/mol. The number of nitrogens with two attached hydrogens (primary N) is 1. The average Bonchev–Trinajstić information content (AvgIpc) is 2.11. The first kappa shape index (κ1) is 15.1. The van der Waals surface area contributed by atoms with Gasteiger partial charge in [0.25, 0.3) is 0 Å². The topological polar surface area (TPSA) is 89.6 Å². The monoisotopic (exact) mass is 247 g/mol. The second-order valence-corrected chi connectivity index (χ2v) is 10.6. The number of carbonyl (C=O) groups excluding carboxylic acids is 1. The molecule has 5 nitrogen and oxygen atoms in total. The van der Waals surface area contributed by atoms with Crippen LogP contribution in [0.1, 0.15) is 12.8 Å². The summed E-state index contributed by atoms with van der Waals surface area (Å²) in [7, 11) is -1.21. The summed E-state index contributed by atoms with van der Waals surface area (Å²) in [6.07, 6.45) is 0.0192. The van der Waals surface area contributed by atoms with Gasteiger partial charge in [-0.2, -0.15) is 0 Å². The highest BCUT2D eigenvalue weighted by molar-refractivity contribution is 6.76. The van der Waals surface area contributed by atoms with Crippen LogP contribution in [-0.2, 0) is 14.3 Å². The first-order valence-corrected chi connectivity index (χ1v) is 9.07. The van der Waals surface area contributed by atoms with Crippen molar-refractivity contribution in [3.05, 3.63) is 0 Å². The molecule has 0 saturated heterocycles. The van der Waals surface area contributed by atoms with E-state index < -0.39 is 26.1 Å². The molecule has 6 heteroatoms. The van der Waals surface area contributed by atoms with Crippen LogP contribution in [0.3, 0.4) is 0 Å². The molecule has 0 heterocycles. The van der Waals surface area contributed by atoms with Gasteiger partial charge in [0.05, 0.1) is 6.61 Å². The number of hydrogen-bond acceptors (Lipinski definition) is 4. The minimum absolute atomic E-state index is 0.107. The molecule has 0 fully saturated rings. The Bertz CT molecular complexity index is 250. The van der Waals surface area contributed by atoms with Gasteiger partial charge < -0.3 is 15.6 Å². The highest BCUT2D eigenvalue weighted by Gasteiger charge is 2.18. The number of rotatable bonds is 7. The quantitative estimate of drug-likeness (QED) is 0.518. The lowest BCUT2D eigenvalue weighted by atomic mass is 10.2. The number of hydrogen-bond donors (Lipinski definition) is 2. The molecule has 0 aromatic heterocycles. The third-order valence-corrected chi connectivity index (χ3v) is 3.77. The van der Waals surface area contributed by atoms with Crippen LogP contribution in [0.4, 0.5) is 0 Å². The molecule has 0 aliphatic heterocycles. The van der Waals surface area contributed by atoms with Crippen molar-refractivity contribution in [2.24, 2.45) is 5.73 Å². The van der Waals surface area contributed by atoms with Gasteiger partial charge >= 0.3 is 11.9 Å². The Labute approximate surface area is 97.0 Å². The van der Waals surface area contributed by atoms with Gasteiger partial charge in [-0.1, -0.05) is 19.6 Å². The molecule has 0 rings (SSSR count). The van der Waals surface area contributed by atoms with Crippen molar-refractivity contribution in [3.8, 4) is 0 Å². The van der Waals surface area contributed by atoms with Crippen LogP contribution in [0.5, 0.6) is 0 Å². The second-order valence-electron chi connectivity index (χ2n) is 5.02. The van der Waals surface area contributed by atoms with Crippen molar-refractivity contribution in [1.82, 2.24) is 0 Å². The lowest BCUT2D eigenvalue weighted by molar-refractivity contribution is -0.145. The van der Waals surface area contributed by atoms with Crippen LogP contribution in [0, 0.1) is 0 Å². The zero-order valence-electron chi connectivity index (χ0n) is 10.2. The lowest BCUT2D eigenvalue weighted by Crippen LogP contribution is -2.34. The van der Waals surface area contributed by atoms with Crippen molar-refractivity contribution in [1.29, 1.82) is 0 Å². The number of ether oxygens (including phenoxy) is 1. The zero-order valence-corrected chi connectivity index (χ0v) is 11.2. The van der Waals surface area contributed by atoms with Gasteiger partial charge in [0.15, 0.2) is 0 Å². The van der Waals surface area contributed by atoms with Crippen LogP contribution in [-0.4, -0.2) is 37.8 Å². The standard InChI is InChI=1S/C10H21NO4Si/c1-16(2,3)7-6-15-10(14)8(11)4-5-9(12)13/h8H,4-7,11H2,1-3H3,(H,12,13)/t8-/m0/s1. The fourth-order valence-corrected chi connectivity index (χ4v) is 1.68. The van der Waals surface area contributed by atoms with Crippen molar-refractivity contribution >= 4 is 20.0 Å². The summed E-state index contributed by atoms with van der Waals surface area (Å²) in [5.41, 5.74) is 5.49. The molecule has 0 aliphatic rings. The molecule has 0 aromatic carbocycles. The third kappa shape index (κ3) is 8.43. The highest BCUT2D eigenvalue weighted by Crippen LogP contribution is 2.08. The van der Waals surface area contributed by atoms with E-state index in [-0.39, 0.29) is 12.8 Å². The molecule has 16 heavy (non-hydrogen) atoms. The molecule has 94 valence electrons. The summed E-state index contributed by atoms with van der Waals surface area (Å²) in [6, 6.07) is 0.0717. The maximum atomic E-state index is 11.3. The Hall–Kier alpha value is -0.883. The van der Waals surface area contributed by atoms with Crippen molar-refractivity contribution in [2.75, 3.05) is 6.61 Å². The molecule has 0 amide bonds. The minimum atomic E-state index is -1.21. The van der Waals surface area contributed by atoms with E-state index in [2.05, 4.69) is 19.6 Å². The number of esters is 1. The molecule has 0 unspecified atom stereocenters. The summed E-state index contributed by atoms with van der Waals surface area (Å²) < 4.78 is 4.99. The molecule has 0 aromatic rings. The first-order valence-electron chi connectivity index (χ1n) is 5.36. The average molecular weight is 247 g/mol. The van der Waals surface area contributed by atoms with E-state index in [9.17, 15) is 9.59 Å². The smallest absolute Gasteiger partial charge is 0.322 e. The van der Waals surface area contributed by atoms with E-state index in [1.54, 1.807) is 0 Å². The van der Waals surface area contributed by atoms with Crippen LogP contribution < -0.4 is 5.73 Å².